The van der Waals surface area contributed by atoms with Crippen LogP contribution >= 0.6 is 15.9 Å². The zero-order valence-corrected chi connectivity index (χ0v) is 13.5. The minimum Gasteiger partial charge on any atom is -0.363 e. The highest BCUT2D eigenvalue weighted by Gasteiger charge is 2.22. The average molecular weight is 401 g/mol. The number of anilines is 1. The average Bonchev–Trinajstić information content (AvgIpc) is 3.17. The standard InChI is InChI=1S/C12H10BrFN6O4/c13-7-5-6(1-2-8(7)14)20-11(19-23-12(20)21)9-10(18-24-17-9)16-3-4-22-15/h1-2,5H,3-4,15H2,(H,16,18). The molecule has 10 nitrogen and oxygen atoms in total. The van der Waals surface area contributed by atoms with E-state index in [0.717, 1.165) is 4.57 Å². The van der Waals surface area contributed by atoms with Crippen molar-refractivity contribution in [2.24, 2.45) is 5.90 Å². The van der Waals surface area contributed by atoms with Gasteiger partial charge < -0.3 is 10.2 Å². The van der Waals surface area contributed by atoms with Gasteiger partial charge in [0.15, 0.2) is 5.69 Å². The quantitative estimate of drug-likeness (QED) is 0.460. The van der Waals surface area contributed by atoms with Crippen molar-refractivity contribution in [3.8, 4) is 17.2 Å². The topological polar surface area (TPSA) is 134 Å². The predicted octanol–water partition coefficient (Wildman–Crippen LogP) is 1.08. The van der Waals surface area contributed by atoms with Gasteiger partial charge in [-0.1, -0.05) is 5.16 Å². The zero-order valence-electron chi connectivity index (χ0n) is 11.9. The lowest BCUT2D eigenvalue weighted by atomic mass is 10.3. The van der Waals surface area contributed by atoms with Crippen molar-refractivity contribution in [1.29, 1.82) is 0 Å². The number of aromatic nitrogens is 4. The molecule has 2 aromatic heterocycles. The van der Waals surface area contributed by atoms with Gasteiger partial charge in [-0.15, -0.1) is 0 Å². The summed E-state index contributed by atoms with van der Waals surface area (Å²) in [5, 5.41) is 13.9. The van der Waals surface area contributed by atoms with Crippen LogP contribution in [-0.2, 0) is 4.84 Å². The van der Waals surface area contributed by atoms with Gasteiger partial charge in [-0.2, -0.15) is 0 Å². The van der Waals surface area contributed by atoms with Gasteiger partial charge in [0.25, 0.3) is 0 Å². The highest BCUT2D eigenvalue weighted by Crippen LogP contribution is 2.25. The predicted molar refractivity (Wildman–Crippen MR) is 81.7 cm³/mol. The summed E-state index contributed by atoms with van der Waals surface area (Å²) in [5.74, 6) is 3.95. The van der Waals surface area contributed by atoms with Crippen molar-refractivity contribution in [1.82, 2.24) is 20.0 Å². The van der Waals surface area contributed by atoms with E-state index in [1.54, 1.807) is 0 Å². The molecule has 0 aliphatic rings. The lowest BCUT2D eigenvalue weighted by Crippen LogP contribution is -2.15. The molecule has 0 aliphatic carbocycles. The molecule has 0 spiro atoms. The third-order valence-corrected chi connectivity index (χ3v) is 3.59. The summed E-state index contributed by atoms with van der Waals surface area (Å²) in [4.78, 5) is 16.4. The van der Waals surface area contributed by atoms with E-state index < -0.39 is 11.6 Å². The number of halogens is 2. The molecule has 24 heavy (non-hydrogen) atoms. The SMILES string of the molecule is NOCCNc1nonc1-c1noc(=O)n1-c1ccc(F)c(Br)c1. The molecule has 0 fully saturated rings. The maximum absolute atomic E-state index is 13.4. The lowest BCUT2D eigenvalue weighted by molar-refractivity contribution is 0.148. The van der Waals surface area contributed by atoms with E-state index in [4.69, 9.17) is 10.4 Å². The molecular weight excluding hydrogens is 391 g/mol. The second kappa shape index (κ2) is 6.90. The summed E-state index contributed by atoms with van der Waals surface area (Å²) in [6.07, 6.45) is 0. The summed E-state index contributed by atoms with van der Waals surface area (Å²) in [7, 11) is 0. The number of benzene rings is 1. The summed E-state index contributed by atoms with van der Waals surface area (Å²) in [5.41, 5.74) is 0.460. The smallest absolute Gasteiger partial charge is 0.363 e. The number of hydrogen-bond acceptors (Lipinski definition) is 9. The lowest BCUT2D eigenvalue weighted by Gasteiger charge is -2.05. The Bertz CT molecular complexity index is 907. The normalized spacial score (nSPS) is 11.0. The van der Waals surface area contributed by atoms with Crippen LogP contribution in [0, 0.1) is 5.82 Å². The summed E-state index contributed by atoms with van der Waals surface area (Å²) >= 11 is 3.06. The maximum Gasteiger partial charge on any atom is 0.446 e. The first kappa shape index (κ1) is 16.3. The van der Waals surface area contributed by atoms with Gasteiger partial charge >= 0.3 is 5.76 Å². The molecule has 2 heterocycles. The van der Waals surface area contributed by atoms with Crippen LogP contribution in [0.4, 0.5) is 10.2 Å². The van der Waals surface area contributed by atoms with Crippen LogP contribution in [0.2, 0.25) is 0 Å². The Morgan fingerprint density at radius 1 is 1.38 bits per heavy atom. The Morgan fingerprint density at radius 2 is 2.21 bits per heavy atom. The summed E-state index contributed by atoms with van der Waals surface area (Å²) in [6, 6.07) is 3.99. The van der Waals surface area contributed by atoms with Gasteiger partial charge in [0.1, 0.15) is 5.82 Å². The van der Waals surface area contributed by atoms with Crippen LogP contribution in [0.3, 0.4) is 0 Å². The van der Waals surface area contributed by atoms with Crippen molar-refractivity contribution in [2.75, 3.05) is 18.5 Å². The number of nitrogens with one attached hydrogen (secondary N) is 1. The second-order valence-electron chi connectivity index (χ2n) is 4.46. The largest absolute Gasteiger partial charge is 0.446 e. The Balaban J connectivity index is 2.04. The minimum absolute atomic E-state index is 0.0379. The van der Waals surface area contributed by atoms with Crippen LogP contribution < -0.4 is 17.0 Å². The van der Waals surface area contributed by atoms with Crippen LogP contribution in [0.1, 0.15) is 0 Å². The first-order valence-corrected chi connectivity index (χ1v) is 7.33. The van der Waals surface area contributed by atoms with Gasteiger partial charge in [0.2, 0.25) is 11.6 Å². The summed E-state index contributed by atoms with van der Waals surface area (Å²) in [6.45, 7) is 0.532. The fraction of sp³-hybridized carbons (Fsp3) is 0.167. The highest BCUT2D eigenvalue weighted by atomic mass is 79.9. The Kier molecular flexibility index (Phi) is 4.69. The van der Waals surface area contributed by atoms with Gasteiger partial charge in [-0.05, 0) is 44.4 Å². The molecular formula is C12H10BrFN6O4. The van der Waals surface area contributed by atoms with E-state index in [1.807, 2.05) is 0 Å². The molecule has 3 N–H and O–H groups in total. The molecule has 3 aromatic rings. The molecule has 0 atom stereocenters. The Hall–Kier alpha value is -2.57. The van der Waals surface area contributed by atoms with Gasteiger partial charge in [-0.25, -0.2) is 24.3 Å². The molecule has 0 amide bonds. The highest BCUT2D eigenvalue weighted by molar-refractivity contribution is 9.10. The summed E-state index contributed by atoms with van der Waals surface area (Å²) < 4.78 is 24.1. The minimum atomic E-state index is -0.775. The third kappa shape index (κ3) is 3.06. The monoisotopic (exact) mass is 400 g/mol. The first-order chi connectivity index (χ1) is 11.6. The molecule has 126 valence electrons. The fourth-order valence-electron chi connectivity index (χ4n) is 1.93. The van der Waals surface area contributed by atoms with E-state index in [0.29, 0.717) is 12.2 Å². The number of nitrogens with zero attached hydrogens (tertiary/aromatic N) is 4. The molecule has 3 rings (SSSR count). The molecule has 0 radical (unpaired) electrons. The molecule has 0 saturated heterocycles. The Labute approximate surface area is 141 Å². The molecule has 0 saturated carbocycles. The number of nitrogens with two attached hydrogens (primary N) is 1. The van der Waals surface area contributed by atoms with E-state index in [2.05, 4.69) is 46.2 Å². The van der Waals surface area contributed by atoms with E-state index >= 15 is 0 Å². The van der Waals surface area contributed by atoms with Crippen molar-refractivity contribution in [3.63, 3.8) is 0 Å². The van der Waals surface area contributed by atoms with E-state index in [1.165, 1.54) is 18.2 Å². The molecule has 0 bridgehead atoms. The van der Waals surface area contributed by atoms with Crippen LogP contribution in [-0.4, -0.2) is 33.2 Å². The maximum atomic E-state index is 13.4. The molecule has 12 heteroatoms. The zero-order chi connectivity index (χ0) is 17.1. The number of hydrogen-bond donors (Lipinski definition) is 2. The van der Waals surface area contributed by atoms with E-state index in [9.17, 15) is 9.18 Å². The molecule has 0 unspecified atom stereocenters. The van der Waals surface area contributed by atoms with Gasteiger partial charge in [0, 0.05) is 6.54 Å². The van der Waals surface area contributed by atoms with Crippen LogP contribution in [0.15, 0.2) is 36.6 Å². The van der Waals surface area contributed by atoms with Crippen LogP contribution in [0.25, 0.3) is 17.2 Å². The van der Waals surface area contributed by atoms with Crippen molar-refractivity contribution in [3.05, 3.63) is 39.0 Å². The molecule has 0 aliphatic heterocycles. The van der Waals surface area contributed by atoms with Crippen LogP contribution in [0.5, 0.6) is 0 Å². The Morgan fingerprint density at radius 3 is 2.96 bits per heavy atom. The first-order valence-electron chi connectivity index (χ1n) is 6.54. The van der Waals surface area contributed by atoms with E-state index in [-0.39, 0.29) is 28.4 Å². The van der Waals surface area contributed by atoms with Crippen molar-refractivity contribution >= 4 is 21.7 Å². The second-order valence-corrected chi connectivity index (χ2v) is 5.32. The van der Waals surface area contributed by atoms with Gasteiger partial charge in [-0.3, -0.25) is 4.52 Å². The molecule has 1 aromatic carbocycles. The number of rotatable bonds is 6. The fourth-order valence-corrected chi connectivity index (χ4v) is 2.30. The van der Waals surface area contributed by atoms with Gasteiger partial charge in [0.05, 0.1) is 16.8 Å². The van der Waals surface area contributed by atoms with Crippen molar-refractivity contribution < 1.29 is 18.4 Å². The third-order valence-electron chi connectivity index (χ3n) is 2.98. The van der Waals surface area contributed by atoms with Crippen molar-refractivity contribution in [2.45, 2.75) is 0 Å².